The average molecular weight is 408 g/mol. The second kappa shape index (κ2) is 9.79. The minimum Gasteiger partial charge on any atom is -0.491 e. The molecular formula is C25H33N3O2. The summed E-state index contributed by atoms with van der Waals surface area (Å²) in [5, 5.41) is 3.16. The molecule has 0 aliphatic carbocycles. The maximum absolute atomic E-state index is 12.6. The van der Waals surface area contributed by atoms with Gasteiger partial charge in [-0.2, -0.15) is 0 Å². The summed E-state index contributed by atoms with van der Waals surface area (Å²) in [6.45, 7) is 11.5. The summed E-state index contributed by atoms with van der Waals surface area (Å²) in [5.41, 5.74) is 4.35. The molecule has 2 aromatic carbocycles. The number of aryl methyl sites for hydroxylation is 2. The number of hydrogen-bond acceptors (Lipinski definition) is 3. The number of para-hydroxylation sites is 2. The Balaban J connectivity index is 1.80. The number of imidazole rings is 1. The van der Waals surface area contributed by atoms with Crippen LogP contribution in [0, 0.1) is 19.8 Å². The molecule has 1 aromatic heterocycles. The first kappa shape index (κ1) is 21.9. The van der Waals surface area contributed by atoms with E-state index in [1.54, 1.807) is 0 Å². The van der Waals surface area contributed by atoms with E-state index in [1.165, 1.54) is 5.56 Å². The Morgan fingerprint density at radius 2 is 1.87 bits per heavy atom. The monoisotopic (exact) mass is 407 g/mol. The van der Waals surface area contributed by atoms with Crippen molar-refractivity contribution in [1.29, 1.82) is 0 Å². The van der Waals surface area contributed by atoms with Gasteiger partial charge in [0.25, 0.3) is 0 Å². The van der Waals surface area contributed by atoms with Crippen LogP contribution in [-0.4, -0.2) is 22.1 Å². The molecule has 0 radical (unpaired) electrons. The highest BCUT2D eigenvalue weighted by atomic mass is 16.5. The summed E-state index contributed by atoms with van der Waals surface area (Å²) in [6, 6.07) is 14.1. The van der Waals surface area contributed by atoms with Crippen LogP contribution >= 0.6 is 0 Å². The molecule has 30 heavy (non-hydrogen) atoms. The number of amides is 1. The lowest BCUT2D eigenvalue weighted by Gasteiger charge is -2.19. The fourth-order valence-electron chi connectivity index (χ4n) is 3.92. The van der Waals surface area contributed by atoms with Gasteiger partial charge in [-0.1, -0.05) is 43.7 Å². The Bertz CT molecular complexity index is 1000. The minimum absolute atomic E-state index is 0.0399. The maximum atomic E-state index is 12.6. The zero-order valence-corrected chi connectivity index (χ0v) is 18.7. The van der Waals surface area contributed by atoms with Gasteiger partial charge in [0.2, 0.25) is 5.91 Å². The lowest BCUT2D eigenvalue weighted by Crippen LogP contribution is -2.33. The molecule has 0 aliphatic rings. The van der Waals surface area contributed by atoms with Crippen LogP contribution in [0.3, 0.4) is 0 Å². The van der Waals surface area contributed by atoms with Crippen molar-refractivity contribution in [3.8, 4) is 5.75 Å². The van der Waals surface area contributed by atoms with Crippen molar-refractivity contribution in [2.24, 2.45) is 5.92 Å². The number of carbonyl (C=O) groups is 1. The zero-order valence-electron chi connectivity index (χ0n) is 18.7. The largest absolute Gasteiger partial charge is 0.491 e. The van der Waals surface area contributed by atoms with Gasteiger partial charge in [-0.3, -0.25) is 4.79 Å². The van der Waals surface area contributed by atoms with Crippen molar-refractivity contribution in [3.63, 3.8) is 0 Å². The van der Waals surface area contributed by atoms with Gasteiger partial charge in [0.05, 0.1) is 23.6 Å². The SMILES string of the molecule is CCC(CC)C(=O)NC(C)c1nc2ccccc2n1CCOc1ccc(C)cc1C. The van der Waals surface area contributed by atoms with Gasteiger partial charge in [0.1, 0.15) is 18.2 Å². The molecule has 5 heteroatoms. The molecule has 0 fully saturated rings. The van der Waals surface area contributed by atoms with E-state index in [2.05, 4.69) is 55.8 Å². The van der Waals surface area contributed by atoms with Crippen LogP contribution in [0.5, 0.6) is 5.75 Å². The van der Waals surface area contributed by atoms with Crippen LogP contribution < -0.4 is 10.1 Å². The number of nitrogens with one attached hydrogen (secondary N) is 1. The van der Waals surface area contributed by atoms with Crippen molar-refractivity contribution in [1.82, 2.24) is 14.9 Å². The molecule has 0 spiro atoms. The Labute approximate surface area is 179 Å². The molecule has 160 valence electrons. The standard InChI is InChI=1S/C25H33N3O2/c1-6-20(7-2)25(29)26-19(5)24-27-21-10-8-9-11-22(21)28(24)14-15-30-23-13-12-17(3)16-18(23)4/h8-13,16,19-20H,6-7,14-15H2,1-5H3,(H,26,29). The molecule has 1 heterocycles. The Kier molecular flexibility index (Phi) is 7.14. The third-order valence-corrected chi connectivity index (χ3v) is 5.69. The van der Waals surface area contributed by atoms with Gasteiger partial charge >= 0.3 is 0 Å². The number of nitrogens with zero attached hydrogens (tertiary/aromatic N) is 2. The summed E-state index contributed by atoms with van der Waals surface area (Å²) in [5.74, 6) is 1.90. The number of fused-ring (bicyclic) bond motifs is 1. The molecule has 1 amide bonds. The van der Waals surface area contributed by atoms with Crippen LogP contribution in [0.25, 0.3) is 11.0 Å². The predicted octanol–water partition coefficient (Wildman–Crippen LogP) is 5.35. The van der Waals surface area contributed by atoms with E-state index >= 15 is 0 Å². The number of aromatic nitrogens is 2. The summed E-state index contributed by atoms with van der Waals surface area (Å²) in [4.78, 5) is 17.4. The van der Waals surface area contributed by atoms with Crippen molar-refractivity contribution >= 4 is 16.9 Å². The fourth-order valence-corrected chi connectivity index (χ4v) is 3.92. The summed E-state index contributed by atoms with van der Waals surface area (Å²) < 4.78 is 8.23. The van der Waals surface area contributed by atoms with Crippen molar-refractivity contribution in [3.05, 3.63) is 59.4 Å². The molecule has 1 N–H and O–H groups in total. The molecule has 3 rings (SSSR count). The van der Waals surface area contributed by atoms with Crippen molar-refractivity contribution < 1.29 is 9.53 Å². The van der Waals surface area contributed by atoms with Crippen LogP contribution in [-0.2, 0) is 11.3 Å². The van der Waals surface area contributed by atoms with Crippen LogP contribution in [0.4, 0.5) is 0 Å². The summed E-state index contributed by atoms with van der Waals surface area (Å²) >= 11 is 0. The summed E-state index contributed by atoms with van der Waals surface area (Å²) in [7, 11) is 0. The van der Waals surface area contributed by atoms with Crippen LogP contribution in [0.1, 0.15) is 56.6 Å². The zero-order chi connectivity index (χ0) is 21.7. The maximum Gasteiger partial charge on any atom is 0.223 e. The van der Waals surface area contributed by atoms with Gasteiger partial charge < -0.3 is 14.6 Å². The van der Waals surface area contributed by atoms with E-state index in [9.17, 15) is 4.79 Å². The quantitative estimate of drug-likeness (QED) is 0.520. The third kappa shape index (κ3) is 4.84. The first-order valence-electron chi connectivity index (χ1n) is 10.9. The van der Waals surface area contributed by atoms with E-state index in [1.807, 2.05) is 31.2 Å². The molecule has 0 bridgehead atoms. The molecule has 0 saturated carbocycles. The van der Waals surface area contributed by atoms with Crippen molar-refractivity contribution in [2.45, 2.75) is 60.0 Å². The number of benzene rings is 2. The van der Waals surface area contributed by atoms with E-state index in [0.717, 1.165) is 41.0 Å². The van der Waals surface area contributed by atoms with Crippen LogP contribution in [0.2, 0.25) is 0 Å². The van der Waals surface area contributed by atoms with Crippen LogP contribution in [0.15, 0.2) is 42.5 Å². The highest BCUT2D eigenvalue weighted by Crippen LogP contribution is 2.23. The molecule has 1 atom stereocenters. The number of carbonyl (C=O) groups excluding carboxylic acids is 1. The lowest BCUT2D eigenvalue weighted by atomic mass is 10.0. The second-order valence-electron chi connectivity index (χ2n) is 7.97. The van der Waals surface area contributed by atoms with E-state index < -0.39 is 0 Å². The summed E-state index contributed by atoms with van der Waals surface area (Å²) in [6.07, 6.45) is 1.68. The van der Waals surface area contributed by atoms with Gasteiger partial charge in [0, 0.05) is 5.92 Å². The first-order chi connectivity index (χ1) is 14.4. The molecule has 5 nitrogen and oxygen atoms in total. The molecule has 1 unspecified atom stereocenters. The normalized spacial score (nSPS) is 12.3. The molecular weight excluding hydrogens is 374 g/mol. The van der Waals surface area contributed by atoms with E-state index in [0.29, 0.717) is 13.2 Å². The van der Waals surface area contributed by atoms with Crippen molar-refractivity contribution in [2.75, 3.05) is 6.61 Å². The molecule has 3 aromatic rings. The average Bonchev–Trinajstić information content (AvgIpc) is 3.09. The van der Waals surface area contributed by atoms with E-state index in [-0.39, 0.29) is 17.9 Å². The Morgan fingerprint density at radius 1 is 1.13 bits per heavy atom. The molecule has 0 aliphatic heterocycles. The van der Waals surface area contributed by atoms with E-state index in [4.69, 9.17) is 9.72 Å². The van der Waals surface area contributed by atoms with Gasteiger partial charge in [0.15, 0.2) is 0 Å². The smallest absolute Gasteiger partial charge is 0.223 e. The predicted molar refractivity (Wildman–Crippen MR) is 122 cm³/mol. The Hall–Kier alpha value is -2.82. The lowest BCUT2D eigenvalue weighted by molar-refractivity contribution is -0.125. The first-order valence-corrected chi connectivity index (χ1v) is 10.9. The van der Waals surface area contributed by atoms with Gasteiger partial charge in [-0.15, -0.1) is 0 Å². The molecule has 0 saturated heterocycles. The minimum atomic E-state index is -0.174. The van der Waals surface area contributed by atoms with Gasteiger partial charge in [-0.25, -0.2) is 4.98 Å². The van der Waals surface area contributed by atoms with Gasteiger partial charge in [-0.05, 0) is 57.4 Å². The second-order valence-corrected chi connectivity index (χ2v) is 7.97. The fraction of sp³-hybridized carbons (Fsp3) is 0.440. The third-order valence-electron chi connectivity index (χ3n) is 5.69. The Morgan fingerprint density at radius 3 is 2.57 bits per heavy atom. The topological polar surface area (TPSA) is 56.2 Å². The highest BCUT2D eigenvalue weighted by Gasteiger charge is 2.21. The highest BCUT2D eigenvalue weighted by molar-refractivity contribution is 5.79. The number of ether oxygens (including phenoxy) is 1. The number of rotatable bonds is 9. The number of hydrogen-bond donors (Lipinski definition) is 1.